The van der Waals surface area contributed by atoms with Gasteiger partial charge in [-0.1, -0.05) is 0 Å². The van der Waals surface area contributed by atoms with Crippen molar-refractivity contribution in [1.29, 1.82) is 0 Å². The van der Waals surface area contributed by atoms with E-state index in [-0.39, 0.29) is 23.6 Å². The number of carbonyl (C=O) groups excluding carboxylic acids is 2. The highest BCUT2D eigenvalue weighted by Crippen LogP contribution is 2.48. The molecular weight excluding hydrogens is 490 g/mol. The number of ether oxygens (including phenoxy) is 1. The summed E-state index contributed by atoms with van der Waals surface area (Å²) in [7, 11) is 0. The van der Waals surface area contributed by atoms with Crippen LogP contribution in [0.4, 0.5) is 14.5 Å². The standard InChI is InChI=1S/C25H20F2N4O4S/c1-2-34-24(33)23-21-11(10-28-23)18(19-13(29-21)4-3-5-15(19)32)16-8-9-17(35-16)36-25-30-14-7-6-12(26)20(27)22(14)31-25/h6-10,18-19,28H,2-5H2,1H3,(H,30,31). The summed E-state index contributed by atoms with van der Waals surface area (Å²) < 4.78 is 38.9. The van der Waals surface area contributed by atoms with E-state index in [1.807, 2.05) is 0 Å². The Hall–Kier alpha value is -3.73. The molecule has 1 aliphatic heterocycles. The second-order valence-corrected chi connectivity index (χ2v) is 9.62. The molecule has 0 bridgehead atoms. The number of hydrogen-bond acceptors (Lipinski definition) is 7. The SMILES string of the molecule is CCOC(=O)c1[nH]cc2c1N=C1CCCC(=O)C1C2c1ccc(Sc2nc3c(F)c(F)ccc3[nH]2)o1. The number of rotatable bonds is 5. The molecule has 3 aromatic heterocycles. The average molecular weight is 511 g/mol. The van der Waals surface area contributed by atoms with Crippen molar-refractivity contribution in [3.63, 3.8) is 0 Å². The zero-order valence-electron chi connectivity index (χ0n) is 19.1. The van der Waals surface area contributed by atoms with Gasteiger partial charge in [0.15, 0.2) is 27.6 Å². The molecule has 2 atom stereocenters. The largest absolute Gasteiger partial charge is 0.461 e. The lowest BCUT2D eigenvalue weighted by molar-refractivity contribution is -0.122. The van der Waals surface area contributed by atoms with Gasteiger partial charge in [-0.2, -0.15) is 0 Å². The molecule has 2 unspecified atom stereocenters. The molecule has 4 heterocycles. The van der Waals surface area contributed by atoms with Crippen LogP contribution in [-0.2, 0) is 9.53 Å². The number of nitrogens with one attached hydrogen (secondary N) is 2. The van der Waals surface area contributed by atoms with E-state index in [0.717, 1.165) is 23.5 Å². The number of aromatic amines is 2. The summed E-state index contributed by atoms with van der Waals surface area (Å²) in [5, 5.41) is 0.793. The smallest absolute Gasteiger partial charge is 0.357 e. The molecule has 1 saturated carbocycles. The van der Waals surface area contributed by atoms with Gasteiger partial charge in [0.25, 0.3) is 0 Å². The van der Waals surface area contributed by atoms with E-state index in [1.165, 1.54) is 6.07 Å². The number of imidazole rings is 1. The number of benzene rings is 1. The zero-order valence-corrected chi connectivity index (χ0v) is 19.9. The van der Waals surface area contributed by atoms with Crippen molar-refractivity contribution in [2.75, 3.05) is 6.61 Å². The van der Waals surface area contributed by atoms with Crippen molar-refractivity contribution in [3.05, 3.63) is 59.1 Å². The van der Waals surface area contributed by atoms with Gasteiger partial charge in [0, 0.05) is 23.9 Å². The Kier molecular flexibility index (Phi) is 5.51. The number of aromatic nitrogens is 3. The van der Waals surface area contributed by atoms with E-state index < -0.39 is 29.4 Å². The topological polar surface area (TPSA) is 113 Å². The van der Waals surface area contributed by atoms with Crippen molar-refractivity contribution in [1.82, 2.24) is 15.0 Å². The molecule has 8 nitrogen and oxygen atoms in total. The molecule has 4 aromatic rings. The van der Waals surface area contributed by atoms with Gasteiger partial charge in [-0.05, 0) is 55.8 Å². The van der Waals surface area contributed by atoms with Gasteiger partial charge in [0.2, 0.25) is 0 Å². The zero-order chi connectivity index (χ0) is 25.0. The predicted molar refractivity (Wildman–Crippen MR) is 127 cm³/mol. The van der Waals surface area contributed by atoms with Crippen LogP contribution in [0, 0.1) is 17.6 Å². The Labute approximate surface area is 207 Å². The summed E-state index contributed by atoms with van der Waals surface area (Å²) >= 11 is 1.12. The Bertz CT molecular complexity index is 1550. The molecule has 0 saturated heterocycles. The minimum Gasteiger partial charge on any atom is -0.461 e. The highest BCUT2D eigenvalue weighted by molar-refractivity contribution is 7.99. The maximum Gasteiger partial charge on any atom is 0.357 e. The third-order valence-corrected chi connectivity index (χ3v) is 7.28. The molecule has 2 aliphatic rings. The summed E-state index contributed by atoms with van der Waals surface area (Å²) in [6, 6.07) is 5.98. The molecule has 11 heteroatoms. The van der Waals surface area contributed by atoms with Gasteiger partial charge in [-0.3, -0.25) is 9.79 Å². The summed E-state index contributed by atoms with van der Waals surface area (Å²) in [5.41, 5.74) is 2.42. The fraction of sp³-hybridized carbons (Fsp3) is 0.280. The van der Waals surface area contributed by atoms with Crippen molar-refractivity contribution in [3.8, 4) is 0 Å². The van der Waals surface area contributed by atoms with Crippen LogP contribution in [0.2, 0.25) is 0 Å². The second-order valence-electron chi connectivity index (χ2n) is 8.62. The van der Waals surface area contributed by atoms with Gasteiger partial charge < -0.3 is 19.1 Å². The van der Waals surface area contributed by atoms with Crippen LogP contribution in [0.1, 0.15) is 53.9 Å². The van der Waals surface area contributed by atoms with E-state index in [1.54, 1.807) is 25.3 Å². The summed E-state index contributed by atoms with van der Waals surface area (Å²) in [5.74, 6) is -2.82. The molecule has 0 radical (unpaired) electrons. The van der Waals surface area contributed by atoms with Crippen molar-refractivity contribution >= 4 is 45.9 Å². The van der Waals surface area contributed by atoms with Crippen LogP contribution in [0.15, 0.2) is 50.1 Å². The summed E-state index contributed by atoms with van der Waals surface area (Å²) in [6.07, 6.45) is 3.50. The number of ketones is 1. The molecule has 36 heavy (non-hydrogen) atoms. The molecule has 0 spiro atoms. The number of furan rings is 1. The molecule has 2 N–H and O–H groups in total. The summed E-state index contributed by atoms with van der Waals surface area (Å²) in [4.78, 5) is 40.3. The maximum atomic E-state index is 14.1. The Morgan fingerprint density at radius 3 is 2.92 bits per heavy atom. The Morgan fingerprint density at radius 2 is 2.08 bits per heavy atom. The fourth-order valence-electron chi connectivity index (χ4n) is 4.93. The number of halogens is 2. The van der Waals surface area contributed by atoms with Gasteiger partial charge in [-0.25, -0.2) is 18.6 Å². The Morgan fingerprint density at radius 1 is 1.22 bits per heavy atom. The summed E-state index contributed by atoms with van der Waals surface area (Å²) in [6.45, 7) is 1.96. The molecule has 184 valence electrons. The number of hydrogen-bond donors (Lipinski definition) is 2. The maximum absolute atomic E-state index is 14.1. The normalized spacial score (nSPS) is 19.2. The van der Waals surface area contributed by atoms with Crippen LogP contribution < -0.4 is 0 Å². The van der Waals surface area contributed by atoms with Crippen molar-refractivity contribution in [2.45, 2.75) is 42.4 Å². The lowest BCUT2D eigenvalue weighted by atomic mass is 9.72. The average Bonchev–Trinajstić information content (AvgIpc) is 3.59. The van der Waals surface area contributed by atoms with Crippen LogP contribution in [0.5, 0.6) is 0 Å². The monoisotopic (exact) mass is 510 g/mol. The van der Waals surface area contributed by atoms with E-state index in [4.69, 9.17) is 14.1 Å². The second kappa shape index (κ2) is 8.74. The number of esters is 1. The van der Waals surface area contributed by atoms with Gasteiger partial charge in [-0.15, -0.1) is 0 Å². The molecular formula is C25H20F2N4O4S. The first-order chi connectivity index (χ1) is 17.4. The first-order valence-electron chi connectivity index (χ1n) is 11.5. The highest BCUT2D eigenvalue weighted by Gasteiger charge is 2.44. The molecule has 1 aromatic carbocycles. The molecule has 1 aliphatic carbocycles. The number of Topliss-reactive ketones (excluding diaryl/α,β-unsaturated/α-hetero) is 1. The van der Waals surface area contributed by atoms with Crippen LogP contribution in [-0.4, -0.2) is 39.0 Å². The lowest BCUT2D eigenvalue weighted by Gasteiger charge is -2.32. The quantitative estimate of drug-likeness (QED) is 0.334. The van der Waals surface area contributed by atoms with E-state index in [2.05, 4.69) is 15.0 Å². The number of H-pyrrole nitrogens is 2. The van der Waals surface area contributed by atoms with Crippen LogP contribution >= 0.6 is 11.8 Å². The Balaban J connectivity index is 1.37. The van der Waals surface area contributed by atoms with Crippen molar-refractivity contribution in [2.24, 2.45) is 10.9 Å². The van der Waals surface area contributed by atoms with E-state index >= 15 is 0 Å². The molecule has 1 fully saturated rings. The lowest BCUT2D eigenvalue weighted by Crippen LogP contribution is -2.36. The van der Waals surface area contributed by atoms with E-state index in [0.29, 0.717) is 52.0 Å². The first kappa shape index (κ1) is 22.7. The predicted octanol–water partition coefficient (Wildman–Crippen LogP) is 5.68. The van der Waals surface area contributed by atoms with Gasteiger partial charge in [0.05, 0.1) is 29.6 Å². The third-order valence-electron chi connectivity index (χ3n) is 6.48. The van der Waals surface area contributed by atoms with Crippen LogP contribution in [0.3, 0.4) is 0 Å². The van der Waals surface area contributed by atoms with Crippen LogP contribution in [0.25, 0.3) is 11.0 Å². The van der Waals surface area contributed by atoms with E-state index in [9.17, 15) is 18.4 Å². The van der Waals surface area contributed by atoms with Gasteiger partial charge in [0.1, 0.15) is 17.1 Å². The first-order valence-corrected chi connectivity index (χ1v) is 12.4. The number of nitrogens with zero attached hydrogens (tertiary/aromatic N) is 2. The number of fused-ring (bicyclic) bond motifs is 3. The minimum atomic E-state index is -1.02. The number of carbonyl (C=O) groups is 2. The number of aliphatic imine (C=N–C) groups is 1. The molecule has 6 rings (SSSR count). The highest BCUT2D eigenvalue weighted by atomic mass is 32.2. The minimum absolute atomic E-state index is 0.0786. The fourth-order valence-corrected chi connectivity index (χ4v) is 5.69. The third kappa shape index (κ3) is 3.65. The van der Waals surface area contributed by atoms with Crippen molar-refractivity contribution < 1.29 is 27.5 Å². The molecule has 0 amide bonds. The van der Waals surface area contributed by atoms with Gasteiger partial charge >= 0.3 is 5.97 Å².